The number of fused-ring (bicyclic) bond motifs is 2. The van der Waals surface area contributed by atoms with Crippen LogP contribution < -0.4 is 15.0 Å². The normalized spacial score (nSPS) is 11.5. The smallest absolute Gasteiger partial charge is 0.282 e. The Balaban J connectivity index is 1.73. The molecular formula is C26H19BrClN3O4. The Hall–Kier alpha value is -3.62. The summed E-state index contributed by atoms with van der Waals surface area (Å²) in [6.45, 7) is 2.31. The third-order valence-electron chi connectivity index (χ3n) is 5.32. The Labute approximate surface area is 213 Å². The number of hydrogen-bond donors (Lipinski definition) is 0. The molecule has 0 N–H and O–H groups in total. The monoisotopic (exact) mass is 551 g/mol. The molecule has 2 heterocycles. The van der Waals surface area contributed by atoms with Gasteiger partial charge in [-0.05, 0) is 55.5 Å². The van der Waals surface area contributed by atoms with Gasteiger partial charge in [-0.3, -0.25) is 4.79 Å². The fraction of sp³-hybridized carbons (Fsp3) is 0.115. The number of ether oxygens (including phenoxy) is 2. The van der Waals surface area contributed by atoms with Crippen LogP contribution in [0, 0.1) is 0 Å². The van der Waals surface area contributed by atoms with Crippen molar-refractivity contribution >= 4 is 55.6 Å². The van der Waals surface area contributed by atoms with Gasteiger partial charge >= 0.3 is 0 Å². The Morgan fingerprint density at radius 3 is 2.80 bits per heavy atom. The first-order valence-corrected chi connectivity index (χ1v) is 11.9. The SMILES string of the molecule is CCOc1c(C=Nn2c(-c3cc4cc(Cl)ccc4o3)nc3ccccc3c2=O)cc(Br)cc1OC. The van der Waals surface area contributed by atoms with E-state index in [-0.39, 0.29) is 11.4 Å². The van der Waals surface area contributed by atoms with E-state index in [0.29, 0.717) is 50.9 Å². The lowest BCUT2D eigenvalue weighted by Crippen LogP contribution is -2.20. The van der Waals surface area contributed by atoms with Crippen molar-refractivity contribution in [2.24, 2.45) is 5.10 Å². The lowest BCUT2D eigenvalue weighted by atomic mass is 10.2. The zero-order valence-corrected chi connectivity index (χ0v) is 21.1. The molecule has 0 aliphatic carbocycles. The fourth-order valence-electron chi connectivity index (χ4n) is 3.77. The standard InChI is InChI=1S/C26H19BrClN3O4/c1-3-34-24-16(10-17(27)13-22(24)33-2)14-29-31-25(30-20-7-5-4-6-19(20)26(31)32)23-12-15-11-18(28)8-9-21(15)35-23/h4-14H,3H2,1-2H3. The predicted octanol–water partition coefficient (Wildman–Crippen LogP) is 6.52. The second kappa shape index (κ2) is 9.56. The molecule has 176 valence electrons. The molecule has 5 aromatic rings. The molecule has 5 rings (SSSR count). The van der Waals surface area contributed by atoms with Gasteiger partial charge in [0, 0.05) is 20.4 Å². The van der Waals surface area contributed by atoms with E-state index in [4.69, 9.17) is 30.5 Å². The van der Waals surface area contributed by atoms with Crippen LogP contribution in [-0.2, 0) is 0 Å². The maximum absolute atomic E-state index is 13.5. The zero-order chi connectivity index (χ0) is 24.5. The van der Waals surface area contributed by atoms with Crippen LogP contribution in [0.15, 0.2) is 79.4 Å². The summed E-state index contributed by atoms with van der Waals surface area (Å²) in [5, 5.41) is 6.33. The van der Waals surface area contributed by atoms with E-state index in [9.17, 15) is 4.79 Å². The van der Waals surface area contributed by atoms with E-state index in [1.54, 1.807) is 61.9 Å². The highest BCUT2D eigenvalue weighted by atomic mass is 79.9. The largest absolute Gasteiger partial charge is 0.493 e. The maximum atomic E-state index is 13.5. The number of para-hydroxylation sites is 1. The Kier molecular flexibility index (Phi) is 6.32. The van der Waals surface area contributed by atoms with Crippen molar-refractivity contribution < 1.29 is 13.9 Å². The molecule has 0 atom stereocenters. The second-order valence-corrected chi connectivity index (χ2v) is 8.92. The van der Waals surface area contributed by atoms with Gasteiger partial charge in [0.2, 0.25) is 5.82 Å². The molecule has 0 aliphatic rings. The first-order chi connectivity index (χ1) is 17.0. The second-order valence-electron chi connectivity index (χ2n) is 7.57. The Morgan fingerprint density at radius 1 is 1.17 bits per heavy atom. The van der Waals surface area contributed by atoms with Gasteiger partial charge in [0.1, 0.15) is 5.58 Å². The molecular weight excluding hydrogens is 534 g/mol. The molecule has 0 radical (unpaired) electrons. The molecule has 35 heavy (non-hydrogen) atoms. The topological polar surface area (TPSA) is 78.9 Å². The Morgan fingerprint density at radius 2 is 2.00 bits per heavy atom. The molecule has 0 spiro atoms. The van der Waals surface area contributed by atoms with Gasteiger partial charge in [-0.15, -0.1) is 0 Å². The highest BCUT2D eigenvalue weighted by Crippen LogP contribution is 2.34. The van der Waals surface area contributed by atoms with Gasteiger partial charge in [-0.25, -0.2) is 4.98 Å². The molecule has 9 heteroatoms. The lowest BCUT2D eigenvalue weighted by Gasteiger charge is -2.13. The van der Waals surface area contributed by atoms with Gasteiger partial charge in [0.25, 0.3) is 5.56 Å². The van der Waals surface area contributed by atoms with E-state index in [0.717, 1.165) is 9.86 Å². The number of halogens is 2. The quantitative estimate of drug-likeness (QED) is 0.224. The average molecular weight is 553 g/mol. The summed E-state index contributed by atoms with van der Waals surface area (Å²) in [6, 6.07) is 17.8. The summed E-state index contributed by atoms with van der Waals surface area (Å²) in [6.07, 6.45) is 1.54. The summed E-state index contributed by atoms with van der Waals surface area (Å²) in [7, 11) is 1.56. The molecule has 7 nitrogen and oxygen atoms in total. The first-order valence-electron chi connectivity index (χ1n) is 10.7. The predicted molar refractivity (Wildman–Crippen MR) is 141 cm³/mol. The number of rotatable bonds is 6. The number of furan rings is 1. The van der Waals surface area contributed by atoms with Crippen molar-refractivity contribution in [1.29, 1.82) is 0 Å². The number of nitrogens with zero attached hydrogens (tertiary/aromatic N) is 3. The van der Waals surface area contributed by atoms with Crippen LogP contribution >= 0.6 is 27.5 Å². The van der Waals surface area contributed by atoms with Gasteiger partial charge in [-0.2, -0.15) is 9.78 Å². The van der Waals surface area contributed by atoms with Crippen molar-refractivity contribution in [3.63, 3.8) is 0 Å². The molecule has 0 unspecified atom stereocenters. The zero-order valence-electron chi connectivity index (χ0n) is 18.8. The van der Waals surface area contributed by atoms with E-state index < -0.39 is 0 Å². The number of methoxy groups -OCH3 is 1. The van der Waals surface area contributed by atoms with E-state index in [2.05, 4.69) is 21.0 Å². The number of benzene rings is 3. The van der Waals surface area contributed by atoms with Gasteiger partial charge in [0.05, 0.1) is 30.8 Å². The van der Waals surface area contributed by atoms with Crippen molar-refractivity contribution in [2.75, 3.05) is 13.7 Å². The van der Waals surface area contributed by atoms with E-state index >= 15 is 0 Å². The van der Waals surface area contributed by atoms with Crippen LogP contribution in [-0.4, -0.2) is 29.6 Å². The molecule has 0 fully saturated rings. The highest BCUT2D eigenvalue weighted by Gasteiger charge is 2.17. The number of hydrogen-bond acceptors (Lipinski definition) is 6. The molecule has 0 bridgehead atoms. The third-order valence-corrected chi connectivity index (χ3v) is 6.01. The van der Waals surface area contributed by atoms with E-state index in [1.165, 1.54) is 4.68 Å². The van der Waals surface area contributed by atoms with Crippen LogP contribution in [0.25, 0.3) is 33.5 Å². The molecule has 2 aromatic heterocycles. The minimum Gasteiger partial charge on any atom is -0.493 e. The average Bonchev–Trinajstić information content (AvgIpc) is 3.27. The minimum absolute atomic E-state index is 0.261. The molecule has 0 aliphatic heterocycles. The molecule has 0 saturated carbocycles. The molecule has 3 aromatic carbocycles. The van der Waals surface area contributed by atoms with Crippen LogP contribution in [0.2, 0.25) is 5.02 Å². The lowest BCUT2D eigenvalue weighted by molar-refractivity contribution is 0.310. The van der Waals surface area contributed by atoms with Crippen LogP contribution in [0.3, 0.4) is 0 Å². The van der Waals surface area contributed by atoms with Gasteiger partial charge in [-0.1, -0.05) is 39.7 Å². The molecule has 0 amide bonds. The Bertz CT molecular complexity index is 1660. The van der Waals surface area contributed by atoms with Crippen molar-refractivity contribution in [3.8, 4) is 23.1 Å². The highest BCUT2D eigenvalue weighted by molar-refractivity contribution is 9.10. The number of aromatic nitrogens is 2. The summed E-state index contributed by atoms with van der Waals surface area (Å²) in [4.78, 5) is 18.2. The van der Waals surface area contributed by atoms with Crippen molar-refractivity contribution in [3.05, 3.63) is 86.1 Å². The van der Waals surface area contributed by atoms with E-state index in [1.807, 2.05) is 19.1 Å². The van der Waals surface area contributed by atoms with Crippen LogP contribution in [0.4, 0.5) is 0 Å². The molecule has 0 saturated heterocycles. The van der Waals surface area contributed by atoms with Gasteiger partial charge < -0.3 is 13.9 Å². The summed E-state index contributed by atoms with van der Waals surface area (Å²) < 4.78 is 19.3. The first kappa shape index (κ1) is 23.1. The van der Waals surface area contributed by atoms with Crippen LogP contribution in [0.5, 0.6) is 11.5 Å². The third kappa shape index (κ3) is 4.42. The summed E-state index contributed by atoms with van der Waals surface area (Å²) in [5.74, 6) is 1.71. The fourth-order valence-corrected chi connectivity index (χ4v) is 4.40. The maximum Gasteiger partial charge on any atom is 0.282 e. The van der Waals surface area contributed by atoms with Crippen molar-refractivity contribution in [2.45, 2.75) is 6.92 Å². The van der Waals surface area contributed by atoms with Gasteiger partial charge in [0.15, 0.2) is 17.3 Å². The van der Waals surface area contributed by atoms with Crippen molar-refractivity contribution in [1.82, 2.24) is 9.66 Å². The minimum atomic E-state index is -0.333. The summed E-state index contributed by atoms with van der Waals surface area (Å²) in [5.41, 5.74) is 1.45. The van der Waals surface area contributed by atoms with Crippen LogP contribution in [0.1, 0.15) is 12.5 Å². The summed E-state index contributed by atoms with van der Waals surface area (Å²) >= 11 is 9.63.